The molecule has 10 aromatic rings. The minimum absolute atomic E-state index is 0.00146. The first kappa shape index (κ1) is 52.2. The molecule has 0 amide bonds. The Hall–Kier alpha value is -7.34. The summed E-state index contributed by atoms with van der Waals surface area (Å²) in [6, 6.07) is 74.2. The third-order valence-electron chi connectivity index (χ3n) is 22.8. The molecule has 84 heavy (non-hydrogen) atoms. The molecule has 5 heteroatoms. The highest BCUT2D eigenvalue weighted by Crippen LogP contribution is 2.67. The number of para-hydroxylation sites is 2. The largest absolute Gasteiger partial charge is 0.311 e. The van der Waals surface area contributed by atoms with Crippen molar-refractivity contribution in [1.29, 1.82) is 0 Å². The standard InChI is InChI=1S/C79H78BN3S/c1-74(2)40-41-75(3,4)60-45-53(35-36-59(60)74)82-67-49-62-61(76(5,6)42-43-77(62,7)8)48-64(67)80-63-37-34-50(71-57-29-17-19-31-58(57)78(9)38-21-22-39-79(71,78)10)44-66(63)83(65-32-23-30-56-55-28-18-20-33-70(55)84-73(56)65)69-47-54(46-68(82)72(69)80)81(51-24-13-11-14-25-51)52-26-15-12-16-27-52/h11-20,23-37,44-49,71H,21-22,38-43H2,1-10H3. The van der Waals surface area contributed by atoms with E-state index in [-0.39, 0.29) is 45.1 Å². The van der Waals surface area contributed by atoms with Gasteiger partial charge in [-0.15, -0.1) is 11.3 Å². The maximum Gasteiger partial charge on any atom is 0.252 e. The Bertz CT molecular complexity index is 4320. The monoisotopic (exact) mass is 1110 g/mol. The van der Waals surface area contributed by atoms with Crippen molar-refractivity contribution in [3.8, 4) is 0 Å². The second-order valence-electron chi connectivity index (χ2n) is 29.3. The van der Waals surface area contributed by atoms with Gasteiger partial charge in [0.2, 0.25) is 0 Å². The Labute approximate surface area is 503 Å². The molecule has 1 aromatic heterocycles. The SMILES string of the molecule is CC1(C)CCC(C)(C)c2cc(N3c4cc5c(cc4B4c6ccc(C7c8ccccc8C8(C)CCCCC78C)cc6N(c6cccc7c6sc6ccccc67)c6cc(N(c7ccccc7)c7ccccc7)cc3c64)C(C)(C)CCC5(C)C)ccc21. The van der Waals surface area contributed by atoms with E-state index in [1.165, 1.54) is 136 Å². The Morgan fingerprint density at radius 1 is 0.417 bits per heavy atom. The first-order chi connectivity index (χ1) is 40.4. The van der Waals surface area contributed by atoms with Crippen molar-refractivity contribution in [2.45, 2.75) is 154 Å². The number of benzene rings is 9. The fraction of sp³-hybridized carbons (Fsp3) is 0.316. The van der Waals surface area contributed by atoms with E-state index in [0.29, 0.717) is 0 Å². The lowest BCUT2D eigenvalue weighted by molar-refractivity contribution is 0.0923. The molecule has 6 aliphatic rings. The summed E-state index contributed by atoms with van der Waals surface area (Å²) in [4.78, 5) is 8.02. The number of anilines is 9. The second-order valence-corrected chi connectivity index (χ2v) is 30.3. The van der Waals surface area contributed by atoms with E-state index in [1.54, 1.807) is 5.56 Å². The van der Waals surface area contributed by atoms with Crippen LogP contribution in [0.1, 0.15) is 165 Å². The van der Waals surface area contributed by atoms with Crippen LogP contribution in [0, 0.1) is 5.41 Å². The summed E-state index contributed by atoms with van der Waals surface area (Å²) in [6.07, 6.45) is 9.64. The lowest BCUT2D eigenvalue weighted by Gasteiger charge is -2.50. The highest BCUT2D eigenvalue weighted by molar-refractivity contribution is 7.26. The van der Waals surface area contributed by atoms with E-state index in [0.717, 1.165) is 36.3 Å². The number of fused-ring (bicyclic) bond motifs is 12. The molecule has 16 rings (SSSR count). The summed E-state index contributed by atoms with van der Waals surface area (Å²) in [5, 5.41) is 2.63. The van der Waals surface area contributed by atoms with E-state index in [2.05, 4.69) is 272 Å². The van der Waals surface area contributed by atoms with Crippen molar-refractivity contribution in [1.82, 2.24) is 0 Å². The Morgan fingerprint density at radius 3 is 1.71 bits per heavy atom. The van der Waals surface area contributed by atoms with E-state index >= 15 is 0 Å². The van der Waals surface area contributed by atoms with Crippen molar-refractivity contribution < 1.29 is 0 Å². The molecule has 0 spiro atoms. The van der Waals surface area contributed by atoms with Crippen molar-refractivity contribution in [3.05, 3.63) is 227 Å². The number of hydrogen-bond acceptors (Lipinski definition) is 4. The van der Waals surface area contributed by atoms with Gasteiger partial charge in [-0.1, -0.05) is 197 Å². The van der Waals surface area contributed by atoms with Gasteiger partial charge in [-0.05, 0) is 199 Å². The summed E-state index contributed by atoms with van der Waals surface area (Å²) in [7, 11) is 0. The highest BCUT2D eigenvalue weighted by atomic mass is 32.1. The zero-order chi connectivity index (χ0) is 57.5. The van der Waals surface area contributed by atoms with Crippen molar-refractivity contribution >= 4 is 106 Å². The molecule has 1 fully saturated rings. The first-order valence-corrected chi connectivity index (χ1v) is 32.3. The normalized spacial score (nSPS) is 22.5. The van der Waals surface area contributed by atoms with Crippen LogP contribution in [-0.2, 0) is 27.1 Å². The molecule has 9 aromatic carbocycles. The van der Waals surface area contributed by atoms with Crippen LogP contribution < -0.4 is 31.1 Å². The van der Waals surface area contributed by atoms with Crippen LogP contribution >= 0.6 is 11.3 Å². The van der Waals surface area contributed by atoms with E-state index in [9.17, 15) is 0 Å². The van der Waals surface area contributed by atoms with Crippen LogP contribution in [0.5, 0.6) is 0 Å². The van der Waals surface area contributed by atoms with Crippen LogP contribution in [-0.4, -0.2) is 6.71 Å². The number of nitrogens with zero attached hydrogens (tertiary/aromatic N) is 3. The smallest absolute Gasteiger partial charge is 0.252 e. The predicted molar refractivity (Wildman–Crippen MR) is 361 cm³/mol. The van der Waals surface area contributed by atoms with Gasteiger partial charge in [-0.2, -0.15) is 0 Å². The maximum absolute atomic E-state index is 2.76. The number of thiophene rings is 1. The molecule has 0 bridgehead atoms. The molecule has 0 N–H and O–H groups in total. The van der Waals surface area contributed by atoms with Gasteiger partial charge in [-0.3, -0.25) is 0 Å². The van der Waals surface area contributed by atoms with E-state index in [1.807, 2.05) is 11.3 Å². The van der Waals surface area contributed by atoms with Crippen molar-refractivity contribution in [3.63, 3.8) is 0 Å². The van der Waals surface area contributed by atoms with Crippen LogP contribution in [0.2, 0.25) is 0 Å². The number of rotatable bonds is 6. The van der Waals surface area contributed by atoms with Gasteiger partial charge in [0.05, 0.1) is 16.1 Å². The van der Waals surface area contributed by atoms with Gasteiger partial charge < -0.3 is 14.7 Å². The molecule has 3 nitrogen and oxygen atoms in total. The fourth-order valence-corrected chi connectivity index (χ4v) is 18.9. The average molecular weight is 1110 g/mol. The minimum atomic E-state index is -0.0513. The van der Waals surface area contributed by atoms with Gasteiger partial charge in [0, 0.05) is 61.2 Å². The molecular formula is C79H78BN3S. The van der Waals surface area contributed by atoms with Gasteiger partial charge in [-0.25, -0.2) is 0 Å². The Morgan fingerprint density at radius 2 is 1.00 bits per heavy atom. The molecule has 4 aliphatic carbocycles. The molecule has 3 atom stereocenters. The summed E-state index contributed by atoms with van der Waals surface area (Å²) >= 11 is 1.95. The summed E-state index contributed by atoms with van der Waals surface area (Å²) in [5.41, 5.74) is 25.9. The van der Waals surface area contributed by atoms with Gasteiger partial charge >= 0.3 is 0 Å². The first-order valence-electron chi connectivity index (χ1n) is 31.5. The molecule has 418 valence electrons. The van der Waals surface area contributed by atoms with Crippen LogP contribution in [0.15, 0.2) is 188 Å². The van der Waals surface area contributed by atoms with Gasteiger partial charge in [0.25, 0.3) is 6.71 Å². The Kier molecular flexibility index (Phi) is 11.3. The fourth-order valence-electron chi connectivity index (χ4n) is 17.7. The third-order valence-corrected chi connectivity index (χ3v) is 24.0. The van der Waals surface area contributed by atoms with E-state index < -0.39 is 0 Å². The summed E-state index contributed by atoms with van der Waals surface area (Å²) in [5.74, 6) is 0.253. The quantitative estimate of drug-likeness (QED) is 0.154. The predicted octanol–water partition coefficient (Wildman–Crippen LogP) is 20.3. The average Bonchev–Trinajstić information content (AvgIpc) is 1.28. The van der Waals surface area contributed by atoms with E-state index in [4.69, 9.17) is 0 Å². The van der Waals surface area contributed by atoms with Crippen molar-refractivity contribution in [2.75, 3.05) is 14.7 Å². The van der Waals surface area contributed by atoms with Crippen LogP contribution in [0.4, 0.5) is 51.2 Å². The molecule has 3 heterocycles. The third kappa shape index (κ3) is 7.36. The number of hydrogen-bond donors (Lipinski definition) is 0. The minimum Gasteiger partial charge on any atom is -0.311 e. The summed E-state index contributed by atoms with van der Waals surface area (Å²) in [6.45, 7) is 25.2. The molecule has 1 saturated carbocycles. The lowest BCUT2D eigenvalue weighted by Crippen LogP contribution is -2.62. The zero-order valence-corrected chi connectivity index (χ0v) is 51.8. The van der Waals surface area contributed by atoms with Crippen LogP contribution in [0.25, 0.3) is 20.2 Å². The second kappa shape index (κ2) is 18.1. The maximum atomic E-state index is 2.76. The molecule has 0 saturated heterocycles. The van der Waals surface area contributed by atoms with Crippen molar-refractivity contribution in [2.24, 2.45) is 5.41 Å². The molecular weight excluding hydrogens is 1030 g/mol. The topological polar surface area (TPSA) is 9.72 Å². The lowest BCUT2D eigenvalue weighted by atomic mass is 9.33. The molecule has 2 aliphatic heterocycles. The highest BCUT2D eigenvalue weighted by Gasteiger charge is 2.59. The zero-order valence-electron chi connectivity index (χ0n) is 51.0. The molecule has 3 unspecified atom stereocenters. The summed E-state index contributed by atoms with van der Waals surface area (Å²) < 4.78 is 2.64. The van der Waals surface area contributed by atoms with Gasteiger partial charge in [0.15, 0.2) is 0 Å². The Balaban J connectivity index is 1.06. The van der Waals surface area contributed by atoms with Gasteiger partial charge in [0.1, 0.15) is 0 Å². The van der Waals surface area contributed by atoms with Crippen LogP contribution in [0.3, 0.4) is 0 Å². The molecule has 0 radical (unpaired) electrons.